The molecule has 0 fully saturated rings. The van der Waals surface area contributed by atoms with Crippen LogP contribution in [0.25, 0.3) is 5.52 Å². The molecule has 2 nitrogen and oxygen atoms in total. The summed E-state index contributed by atoms with van der Waals surface area (Å²) in [7, 11) is 0. The molecule has 0 saturated heterocycles. The van der Waals surface area contributed by atoms with Crippen LogP contribution in [0, 0.1) is 34.6 Å². The van der Waals surface area contributed by atoms with Gasteiger partial charge in [0, 0.05) is 6.20 Å². The zero-order valence-electron chi connectivity index (χ0n) is 9.47. The Morgan fingerprint density at radius 1 is 0.929 bits per heavy atom. The maximum Gasteiger partial charge on any atom is 0.0710 e. The molecule has 74 valence electrons. The average Bonchev–Trinajstić information content (AvgIpc) is 2.39. The normalized spacial score (nSPS) is 11.2. The Morgan fingerprint density at radius 2 is 1.57 bits per heavy atom. The van der Waals surface area contributed by atoms with Crippen molar-refractivity contribution in [2.75, 3.05) is 0 Å². The van der Waals surface area contributed by atoms with Crippen LogP contribution < -0.4 is 0 Å². The van der Waals surface area contributed by atoms with Crippen LogP contribution in [0.3, 0.4) is 0 Å². The van der Waals surface area contributed by atoms with Crippen molar-refractivity contribution < 1.29 is 0 Å². The summed E-state index contributed by atoms with van der Waals surface area (Å²) in [4.78, 5) is 0. The number of rotatable bonds is 0. The third-order valence-electron chi connectivity index (χ3n) is 3.21. The van der Waals surface area contributed by atoms with E-state index in [0.29, 0.717) is 0 Å². The fraction of sp³-hybridized carbons (Fsp3) is 0.417. The molecule has 0 N–H and O–H groups in total. The van der Waals surface area contributed by atoms with Gasteiger partial charge in [-0.05, 0) is 56.9 Å². The molecule has 0 aliphatic carbocycles. The minimum absolute atomic E-state index is 1.12. The third kappa shape index (κ3) is 1.07. The predicted octanol–water partition coefficient (Wildman–Crippen LogP) is 2.88. The lowest BCUT2D eigenvalue weighted by Gasteiger charge is -2.07. The van der Waals surface area contributed by atoms with Crippen LogP contribution in [0.15, 0.2) is 6.20 Å². The van der Waals surface area contributed by atoms with Crippen LogP contribution in [-0.2, 0) is 0 Å². The molecule has 0 atom stereocenters. The number of aromatic nitrogens is 2. The standard InChI is InChI=1S/C12H16N2/c1-7-6-14-12(8(7)2)10(4)9(3)11(5)13-14/h6H,1-5H3. The van der Waals surface area contributed by atoms with E-state index in [4.69, 9.17) is 0 Å². The SMILES string of the molecule is Cc1cn2nc(C)c(C)c(C)c2c1C. The van der Waals surface area contributed by atoms with Gasteiger partial charge in [-0.25, -0.2) is 4.52 Å². The Morgan fingerprint density at radius 3 is 2.21 bits per heavy atom. The minimum atomic E-state index is 1.12. The molecule has 0 aliphatic rings. The van der Waals surface area contributed by atoms with Gasteiger partial charge in [0.1, 0.15) is 0 Å². The molecule has 2 aromatic heterocycles. The molecule has 0 bridgehead atoms. The molecular formula is C12H16N2. The molecule has 0 unspecified atom stereocenters. The van der Waals surface area contributed by atoms with Crippen molar-refractivity contribution in [2.45, 2.75) is 34.6 Å². The lowest BCUT2D eigenvalue weighted by atomic mass is 10.1. The Labute approximate surface area is 84.6 Å². The monoisotopic (exact) mass is 188 g/mol. The van der Waals surface area contributed by atoms with Gasteiger partial charge in [-0.2, -0.15) is 5.10 Å². The van der Waals surface area contributed by atoms with Gasteiger partial charge in [0.15, 0.2) is 0 Å². The van der Waals surface area contributed by atoms with Crippen LogP contribution in [0.5, 0.6) is 0 Å². The molecule has 0 aromatic carbocycles. The minimum Gasteiger partial charge on any atom is -0.240 e. The lowest BCUT2D eigenvalue weighted by molar-refractivity contribution is 0.882. The summed E-state index contributed by atoms with van der Waals surface area (Å²) in [6.07, 6.45) is 2.10. The Balaban J connectivity index is 2.99. The largest absolute Gasteiger partial charge is 0.240 e. The zero-order valence-corrected chi connectivity index (χ0v) is 9.47. The molecule has 14 heavy (non-hydrogen) atoms. The number of aryl methyl sites for hydroxylation is 4. The van der Waals surface area contributed by atoms with Crippen LogP contribution in [0.1, 0.15) is 27.9 Å². The van der Waals surface area contributed by atoms with E-state index < -0.39 is 0 Å². The number of hydrogen-bond acceptors (Lipinski definition) is 1. The van der Waals surface area contributed by atoms with Gasteiger partial charge in [0.2, 0.25) is 0 Å². The summed E-state index contributed by atoms with van der Waals surface area (Å²) in [5, 5.41) is 4.53. The van der Waals surface area contributed by atoms with E-state index in [9.17, 15) is 0 Å². The van der Waals surface area contributed by atoms with Crippen LogP contribution in [0.2, 0.25) is 0 Å². The maximum atomic E-state index is 4.53. The lowest BCUT2D eigenvalue weighted by Crippen LogP contribution is -1.99. The van der Waals surface area contributed by atoms with E-state index in [2.05, 4.69) is 45.9 Å². The van der Waals surface area contributed by atoms with E-state index >= 15 is 0 Å². The van der Waals surface area contributed by atoms with Crippen molar-refractivity contribution >= 4 is 5.52 Å². The first-order valence-corrected chi connectivity index (χ1v) is 4.94. The van der Waals surface area contributed by atoms with E-state index in [1.165, 1.54) is 27.8 Å². The summed E-state index contributed by atoms with van der Waals surface area (Å²) in [6.45, 7) is 10.7. The summed E-state index contributed by atoms with van der Waals surface area (Å²) in [5.74, 6) is 0. The molecule has 0 spiro atoms. The van der Waals surface area contributed by atoms with Gasteiger partial charge in [0.25, 0.3) is 0 Å². The van der Waals surface area contributed by atoms with Gasteiger partial charge in [-0.15, -0.1) is 0 Å². The fourth-order valence-electron chi connectivity index (χ4n) is 1.92. The highest BCUT2D eigenvalue weighted by atomic mass is 15.2. The van der Waals surface area contributed by atoms with Crippen molar-refractivity contribution in [1.29, 1.82) is 0 Å². The number of fused-ring (bicyclic) bond motifs is 1. The maximum absolute atomic E-state index is 4.53. The first kappa shape index (κ1) is 9.25. The van der Waals surface area contributed by atoms with Crippen molar-refractivity contribution in [3.8, 4) is 0 Å². The third-order valence-corrected chi connectivity index (χ3v) is 3.21. The van der Waals surface area contributed by atoms with Crippen molar-refractivity contribution in [1.82, 2.24) is 9.61 Å². The molecular weight excluding hydrogens is 172 g/mol. The Bertz CT molecular complexity index is 507. The highest BCUT2D eigenvalue weighted by Crippen LogP contribution is 2.22. The predicted molar refractivity (Wildman–Crippen MR) is 58.9 cm³/mol. The topological polar surface area (TPSA) is 17.3 Å². The second-order valence-electron chi connectivity index (χ2n) is 4.07. The van der Waals surface area contributed by atoms with E-state index in [0.717, 1.165) is 5.69 Å². The van der Waals surface area contributed by atoms with Crippen molar-refractivity contribution in [2.24, 2.45) is 0 Å². The number of hydrogen-bond donors (Lipinski definition) is 0. The highest BCUT2D eigenvalue weighted by molar-refractivity contribution is 5.65. The second-order valence-corrected chi connectivity index (χ2v) is 4.07. The molecule has 0 saturated carbocycles. The van der Waals surface area contributed by atoms with Crippen molar-refractivity contribution in [3.05, 3.63) is 34.1 Å². The van der Waals surface area contributed by atoms with Crippen LogP contribution in [0.4, 0.5) is 0 Å². The molecule has 2 aromatic rings. The fourth-order valence-corrected chi connectivity index (χ4v) is 1.92. The Kier molecular flexibility index (Phi) is 1.88. The zero-order chi connectivity index (χ0) is 10.5. The highest BCUT2D eigenvalue weighted by Gasteiger charge is 2.10. The van der Waals surface area contributed by atoms with Gasteiger partial charge < -0.3 is 0 Å². The van der Waals surface area contributed by atoms with Gasteiger partial charge in [-0.3, -0.25) is 0 Å². The van der Waals surface area contributed by atoms with Crippen molar-refractivity contribution in [3.63, 3.8) is 0 Å². The van der Waals surface area contributed by atoms with E-state index in [-0.39, 0.29) is 0 Å². The summed E-state index contributed by atoms with van der Waals surface area (Å²) >= 11 is 0. The molecule has 0 radical (unpaired) electrons. The smallest absolute Gasteiger partial charge is 0.0710 e. The van der Waals surface area contributed by atoms with Gasteiger partial charge in [0.05, 0.1) is 11.2 Å². The van der Waals surface area contributed by atoms with Gasteiger partial charge in [-0.1, -0.05) is 0 Å². The second kappa shape index (κ2) is 2.84. The first-order chi connectivity index (χ1) is 6.52. The molecule has 0 aliphatic heterocycles. The van der Waals surface area contributed by atoms with E-state index in [1.807, 2.05) is 4.52 Å². The summed E-state index contributed by atoms with van der Waals surface area (Å²) in [6, 6.07) is 0. The molecule has 2 rings (SSSR count). The van der Waals surface area contributed by atoms with Crippen LogP contribution >= 0.6 is 0 Å². The summed E-state index contributed by atoms with van der Waals surface area (Å²) in [5.41, 5.74) is 7.70. The number of nitrogens with zero attached hydrogens (tertiary/aromatic N) is 2. The summed E-state index contributed by atoms with van der Waals surface area (Å²) < 4.78 is 2.00. The quantitative estimate of drug-likeness (QED) is 0.621. The molecule has 2 heteroatoms. The molecule has 0 amide bonds. The molecule has 2 heterocycles. The first-order valence-electron chi connectivity index (χ1n) is 4.94. The Hall–Kier alpha value is -1.31. The average molecular weight is 188 g/mol. The van der Waals surface area contributed by atoms with Gasteiger partial charge >= 0.3 is 0 Å². The van der Waals surface area contributed by atoms with Crippen LogP contribution in [-0.4, -0.2) is 9.61 Å². The van der Waals surface area contributed by atoms with E-state index in [1.54, 1.807) is 0 Å².